The van der Waals surface area contributed by atoms with Gasteiger partial charge in [0.25, 0.3) is 5.83 Å². The molecule has 0 fully saturated rings. The van der Waals surface area contributed by atoms with Crippen molar-refractivity contribution >= 4 is 0 Å². The van der Waals surface area contributed by atoms with E-state index in [1.807, 2.05) is 4.74 Å². The summed E-state index contributed by atoms with van der Waals surface area (Å²) in [4.78, 5) is 0. The molecule has 0 rings (SSSR count). The van der Waals surface area contributed by atoms with Crippen LogP contribution in [-0.4, -0.2) is 31.1 Å². The maximum absolute atomic E-state index is 12.6. The Morgan fingerprint density at radius 1 is 0.583 bits per heavy atom. The van der Waals surface area contributed by atoms with E-state index in [2.05, 4.69) is 0 Å². The Morgan fingerprint density at radius 2 is 1.00 bits per heavy atom. The number of allylic oxidation sites excluding steroid dienone is 1. The Bertz CT molecular complexity index is 474. The van der Waals surface area contributed by atoms with Crippen LogP contribution < -0.4 is 0 Å². The average Bonchev–Trinajstić information content (AvgIpc) is 2.20. The Hall–Kier alpha value is -1.52. The lowest BCUT2D eigenvalue weighted by atomic mass is 10.5. The summed E-state index contributed by atoms with van der Waals surface area (Å²) in [6.45, 7) is 0. The zero-order valence-electron chi connectivity index (χ0n) is 10.0. The predicted molar refractivity (Wildman–Crippen MR) is 39.4 cm³/mol. The topological polar surface area (TPSA) is 27.7 Å². The summed E-state index contributed by atoms with van der Waals surface area (Å²) in [6, 6.07) is -4.03. The molecule has 0 aromatic rings. The molecule has 0 spiro atoms. The minimum Gasteiger partial charge on any atom is -0.397 e. The van der Waals surface area contributed by atoms with Crippen LogP contribution in [0.25, 0.3) is 0 Å². The smallest absolute Gasteiger partial charge is 0.397 e. The van der Waals surface area contributed by atoms with E-state index >= 15 is 0 Å². The lowest BCUT2D eigenvalue weighted by Crippen LogP contribution is -2.50. The first-order valence-corrected chi connectivity index (χ1v) is 4.62. The number of hydrogen-bond acceptors (Lipinski definition) is 3. The monoisotopic (exact) mass is 398 g/mol. The van der Waals surface area contributed by atoms with Crippen LogP contribution in [-0.2, 0) is 14.2 Å². The van der Waals surface area contributed by atoms with Gasteiger partial charge in [0.1, 0.15) is 0 Å². The van der Waals surface area contributed by atoms with E-state index in [0.29, 0.717) is 0 Å². The predicted octanol–water partition coefficient (Wildman–Crippen LogP) is 4.96. The minimum absolute atomic E-state index is 1.58. The quantitative estimate of drug-likeness (QED) is 0.360. The number of rotatable bonds is 6. The van der Waals surface area contributed by atoms with Gasteiger partial charge < -0.3 is 4.74 Å². The van der Waals surface area contributed by atoms with E-state index in [1.54, 1.807) is 9.47 Å². The number of ether oxygens (including phenoxy) is 3. The van der Waals surface area contributed by atoms with Gasteiger partial charge >= 0.3 is 37.1 Å². The molecule has 0 saturated heterocycles. The van der Waals surface area contributed by atoms with Crippen LogP contribution in [0.4, 0.5) is 61.5 Å². The van der Waals surface area contributed by atoms with Gasteiger partial charge in [-0.3, -0.25) is 0 Å². The molecule has 17 heteroatoms. The number of alkyl halides is 12. The fourth-order valence-electron chi connectivity index (χ4n) is 0.692. The van der Waals surface area contributed by atoms with Gasteiger partial charge in [0.15, 0.2) is 0 Å². The molecule has 0 radical (unpaired) electrons. The van der Waals surface area contributed by atoms with Crippen molar-refractivity contribution in [3.63, 3.8) is 0 Å². The molecule has 0 heterocycles. The van der Waals surface area contributed by atoms with Crippen molar-refractivity contribution in [2.45, 2.75) is 31.1 Å². The van der Waals surface area contributed by atoms with Crippen molar-refractivity contribution in [2.75, 3.05) is 0 Å². The van der Waals surface area contributed by atoms with Crippen LogP contribution in [0, 0.1) is 0 Å². The van der Waals surface area contributed by atoms with Crippen LogP contribution in [0.5, 0.6) is 0 Å². The largest absolute Gasteiger partial charge is 0.529 e. The highest BCUT2D eigenvalue weighted by Crippen LogP contribution is 2.44. The van der Waals surface area contributed by atoms with Crippen LogP contribution in [0.1, 0.15) is 0 Å². The van der Waals surface area contributed by atoms with Crippen molar-refractivity contribution in [2.24, 2.45) is 0 Å². The standard InChI is InChI=1S/C7F14O3/c8-1(3(10,11)12)2(9)22-4(13,14)5(15,16)23-7(20,21)24-6(17,18)19. The Balaban J connectivity index is 5.39. The van der Waals surface area contributed by atoms with Crippen molar-refractivity contribution in [3.8, 4) is 0 Å². The molecule has 0 saturated carbocycles. The third kappa shape index (κ3) is 6.54. The van der Waals surface area contributed by atoms with Crippen LogP contribution >= 0.6 is 0 Å². The van der Waals surface area contributed by atoms with Crippen LogP contribution in [0.2, 0.25) is 0 Å². The van der Waals surface area contributed by atoms with Crippen molar-refractivity contribution < 1.29 is 75.7 Å². The van der Waals surface area contributed by atoms with Gasteiger partial charge in [-0.15, -0.1) is 22.0 Å². The average molecular weight is 398 g/mol. The van der Waals surface area contributed by atoms with Crippen molar-refractivity contribution in [1.29, 1.82) is 0 Å². The number of halogens is 14. The fraction of sp³-hybridized carbons (Fsp3) is 0.714. The Kier molecular flexibility index (Phi) is 6.01. The van der Waals surface area contributed by atoms with Gasteiger partial charge in [0.2, 0.25) is 0 Å². The summed E-state index contributed by atoms with van der Waals surface area (Å²) in [7, 11) is 0. The first-order chi connectivity index (χ1) is 10.2. The van der Waals surface area contributed by atoms with E-state index in [4.69, 9.17) is 0 Å². The molecule has 24 heavy (non-hydrogen) atoms. The number of hydrogen-bond donors (Lipinski definition) is 0. The van der Waals surface area contributed by atoms with Gasteiger partial charge in [0.05, 0.1) is 0 Å². The van der Waals surface area contributed by atoms with E-state index in [1.165, 1.54) is 0 Å². The summed E-state index contributed by atoms with van der Waals surface area (Å²) >= 11 is 0. The molecule has 0 atom stereocenters. The van der Waals surface area contributed by atoms with Gasteiger partial charge in [-0.2, -0.15) is 44.3 Å². The van der Waals surface area contributed by atoms with Gasteiger partial charge in [-0.1, -0.05) is 0 Å². The summed E-state index contributed by atoms with van der Waals surface area (Å²) in [5.41, 5.74) is 0. The summed E-state index contributed by atoms with van der Waals surface area (Å²) < 4.78 is 173. The second-order valence-electron chi connectivity index (χ2n) is 3.33. The molecule has 0 aliphatic carbocycles. The third-order valence-electron chi connectivity index (χ3n) is 1.46. The highest BCUT2D eigenvalue weighted by molar-refractivity contribution is 5.00. The summed E-state index contributed by atoms with van der Waals surface area (Å²) in [5, 5.41) is 0. The van der Waals surface area contributed by atoms with Crippen molar-refractivity contribution in [3.05, 3.63) is 11.8 Å². The van der Waals surface area contributed by atoms with Crippen molar-refractivity contribution in [1.82, 2.24) is 0 Å². The van der Waals surface area contributed by atoms with Gasteiger partial charge in [-0.05, 0) is 0 Å². The molecule has 0 bridgehead atoms. The summed E-state index contributed by atoms with van der Waals surface area (Å²) in [5.74, 6) is -4.10. The van der Waals surface area contributed by atoms with E-state index in [9.17, 15) is 61.5 Å². The molecule has 0 N–H and O–H groups in total. The third-order valence-corrected chi connectivity index (χ3v) is 1.46. The molecular formula is C7F14O3. The Morgan fingerprint density at radius 3 is 1.33 bits per heavy atom. The maximum Gasteiger partial charge on any atom is 0.529 e. The fourth-order valence-corrected chi connectivity index (χ4v) is 0.692. The SMILES string of the molecule is FC(OC(F)(F)C(F)(F)OC(F)(F)OC(F)(F)F)=C(F)C(F)(F)F. The lowest BCUT2D eigenvalue weighted by Gasteiger charge is -2.28. The first kappa shape index (κ1) is 22.5. The van der Waals surface area contributed by atoms with E-state index in [-0.39, 0.29) is 0 Å². The van der Waals surface area contributed by atoms with E-state index in [0.717, 1.165) is 0 Å². The molecule has 0 aromatic carbocycles. The molecule has 0 aliphatic heterocycles. The minimum atomic E-state index is -6.90. The molecular weight excluding hydrogens is 398 g/mol. The van der Waals surface area contributed by atoms with Crippen LogP contribution in [0.3, 0.4) is 0 Å². The zero-order valence-corrected chi connectivity index (χ0v) is 10.0. The maximum atomic E-state index is 12.6. The molecule has 3 nitrogen and oxygen atoms in total. The normalized spacial score (nSPS) is 16.1. The first-order valence-electron chi connectivity index (χ1n) is 4.62. The zero-order chi connectivity index (χ0) is 19.8. The highest BCUT2D eigenvalue weighted by atomic mass is 19.4. The molecule has 0 aromatic heterocycles. The molecule has 144 valence electrons. The Labute approximate surface area is 120 Å². The lowest BCUT2D eigenvalue weighted by molar-refractivity contribution is -0.564. The highest BCUT2D eigenvalue weighted by Gasteiger charge is 2.68. The van der Waals surface area contributed by atoms with E-state index < -0.39 is 42.9 Å². The summed E-state index contributed by atoms with van der Waals surface area (Å²) in [6.07, 6.45) is -32.9. The van der Waals surface area contributed by atoms with Gasteiger partial charge in [0, 0.05) is 0 Å². The second-order valence-corrected chi connectivity index (χ2v) is 3.33. The second kappa shape index (κ2) is 6.41. The molecule has 0 aliphatic rings. The molecule has 0 amide bonds. The van der Waals surface area contributed by atoms with Crippen LogP contribution in [0.15, 0.2) is 11.8 Å². The molecule has 0 unspecified atom stereocenters. The van der Waals surface area contributed by atoms with Gasteiger partial charge in [-0.25, -0.2) is 4.74 Å².